The first-order valence-corrected chi connectivity index (χ1v) is 8.49. The van der Waals surface area contributed by atoms with Crippen LogP contribution < -0.4 is 5.32 Å². The van der Waals surface area contributed by atoms with Crippen molar-refractivity contribution in [1.29, 1.82) is 0 Å². The lowest BCUT2D eigenvalue weighted by Gasteiger charge is -2.20. The van der Waals surface area contributed by atoms with Crippen LogP contribution in [0.2, 0.25) is 0 Å². The van der Waals surface area contributed by atoms with E-state index in [1.165, 1.54) is 44.9 Å². The molecule has 0 aromatic carbocycles. The van der Waals surface area contributed by atoms with Gasteiger partial charge in [-0.05, 0) is 19.8 Å². The van der Waals surface area contributed by atoms with Gasteiger partial charge in [0, 0.05) is 26.2 Å². The van der Waals surface area contributed by atoms with Crippen LogP contribution in [0.25, 0.3) is 0 Å². The Balaban J connectivity index is 0.00000400. The molecule has 1 fully saturated rings. The van der Waals surface area contributed by atoms with Crippen molar-refractivity contribution in [3.63, 3.8) is 0 Å². The van der Waals surface area contributed by atoms with Crippen molar-refractivity contribution in [2.45, 2.75) is 71.3 Å². The number of nitrogens with zero attached hydrogens (tertiary/aromatic N) is 2. The summed E-state index contributed by atoms with van der Waals surface area (Å²) in [7, 11) is 0. The maximum Gasteiger partial charge on any atom is 0.194 e. The van der Waals surface area contributed by atoms with Crippen LogP contribution >= 0.6 is 24.0 Å². The minimum absolute atomic E-state index is 0. The van der Waals surface area contributed by atoms with Crippen molar-refractivity contribution in [2.24, 2.45) is 4.99 Å². The second-order valence-corrected chi connectivity index (χ2v) is 5.75. The van der Waals surface area contributed by atoms with Crippen molar-refractivity contribution in [3.05, 3.63) is 0 Å². The normalized spacial score (nSPS) is 18.7. The second-order valence-electron chi connectivity index (χ2n) is 5.75. The molecule has 0 aromatic rings. The summed E-state index contributed by atoms with van der Waals surface area (Å²) in [5.74, 6) is 0.982. The number of likely N-dealkylation sites (tertiary alicyclic amines) is 1. The summed E-state index contributed by atoms with van der Waals surface area (Å²) in [5.41, 5.74) is 0. The summed E-state index contributed by atoms with van der Waals surface area (Å²) in [6, 6.07) is 0. The van der Waals surface area contributed by atoms with E-state index in [4.69, 9.17) is 0 Å². The van der Waals surface area contributed by atoms with Gasteiger partial charge in [0.05, 0.1) is 6.10 Å². The Labute approximate surface area is 147 Å². The molecule has 126 valence electrons. The van der Waals surface area contributed by atoms with Gasteiger partial charge in [0.15, 0.2) is 5.96 Å². The Morgan fingerprint density at radius 1 is 1.14 bits per heavy atom. The molecular weight excluding hydrogens is 377 g/mol. The van der Waals surface area contributed by atoms with Gasteiger partial charge in [0.1, 0.15) is 0 Å². The van der Waals surface area contributed by atoms with Gasteiger partial charge >= 0.3 is 0 Å². The van der Waals surface area contributed by atoms with Gasteiger partial charge in [0.2, 0.25) is 0 Å². The first-order chi connectivity index (χ1) is 9.77. The molecule has 0 amide bonds. The van der Waals surface area contributed by atoms with E-state index in [9.17, 15) is 5.11 Å². The highest BCUT2D eigenvalue weighted by Gasteiger charge is 2.22. The van der Waals surface area contributed by atoms with E-state index in [1.807, 2.05) is 0 Å². The number of halogens is 1. The molecule has 1 rings (SSSR count). The zero-order valence-electron chi connectivity index (χ0n) is 13.8. The van der Waals surface area contributed by atoms with Crippen LogP contribution in [0.3, 0.4) is 0 Å². The van der Waals surface area contributed by atoms with Gasteiger partial charge in [-0.1, -0.05) is 45.4 Å². The van der Waals surface area contributed by atoms with Crippen LogP contribution in [-0.4, -0.2) is 48.2 Å². The average molecular weight is 411 g/mol. The Morgan fingerprint density at radius 3 is 2.38 bits per heavy atom. The molecule has 0 bridgehead atoms. The second kappa shape index (κ2) is 13.6. The Hall–Kier alpha value is -0.0400. The van der Waals surface area contributed by atoms with Crippen molar-refractivity contribution >= 4 is 29.9 Å². The fourth-order valence-corrected chi connectivity index (χ4v) is 2.61. The van der Waals surface area contributed by atoms with Gasteiger partial charge in [-0.15, -0.1) is 24.0 Å². The average Bonchev–Trinajstić information content (AvgIpc) is 2.87. The summed E-state index contributed by atoms with van der Waals surface area (Å²) >= 11 is 0. The zero-order chi connectivity index (χ0) is 14.6. The first-order valence-electron chi connectivity index (χ1n) is 8.49. The number of rotatable bonds is 9. The standard InChI is InChI=1S/C16H33N3O.HI/c1-3-5-6-7-8-9-10-12-18-16(17-4-2)19-13-11-15(20)14-19;/h15,20H,3-14H2,1-2H3,(H,17,18);1H/t15-;/m1./s1. The van der Waals surface area contributed by atoms with E-state index in [0.717, 1.165) is 38.6 Å². The fourth-order valence-electron chi connectivity index (χ4n) is 2.61. The number of β-amino-alcohol motifs (C(OH)–C–C–N with tert-alkyl or cyclic N) is 1. The summed E-state index contributed by atoms with van der Waals surface area (Å²) < 4.78 is 0. The Morgan fingerprint density at radius 2 is 1.81 bits per heavy atom. The van der Waals surface area contributed by atoms with Crippen molar-refractivity contribution in [3.8, 4) is 0 Å². The minimum Gasteiger partial charge on any atom is -0.391 e. The lowest BCUT2D eigenvalue weighted by atomic mass is 10.1. The van der Waals surface area contributed by atoms with Crippen LogP contribution in [0.1, 0.15) is 65.2 Å². The summed E-state index contributed by atoms with van der Waals surface area (Å²) in [6.45, 7) is 7.79. The Bertz CT molecular complexity index is 274. The quantitative estimate of drug-likeness (QED) is 0.265. The number of nitrogens with one attached hydrogen (secondary N) is 1. The summed E-state index contributed by atoms with van der Waals surface area (Å²) in [5, 5.41) is 12.9. The van der Waals surface area contributed by atoms with Gasteiger partial charge < -0.3 is 15.3 Å². The zero-order valence-corrected chi connectivity index (χ0v) is 16.1. The monoisotopic (exact) mass is 411 g/mol. The van der Waals surface area contributed by atoms with Crippen LogP contribution in [0.5, 0.6) is 0 Å². The Kier molecular flexibility index (Phi) is 13.6. The first kappa shape index (κ1) is 21.0. The molecular formula is C16H34IN3O. The maximum atomic E-state index is 9.60. The molecule has 0 spiro atoms. The van der Waals surface area contributed by atoms with Crippen LogP contribution in [-0.2, 0) is 0 Å². The highest BCUT2D eigenvalue weighted by Crippen LogP contribution is 2.10. The lowest BCUT2D eigenvalue weighted by Crippen LogP contribution is -2.40. The molecule has 0 aromatic heterocycles. The molecule has 4 nitrogen and oxygen atoms in total. The number of guanidine groups is 1. The van der Waals surface area contributed by atoms with Gasteiger partial charge in [-0.3, -0.25) is 4.99 Å². The predicted molar refractivity (Wildman–Crippen MR) is 102 cm³/mol. The molecule has 2 N–H and O–H groups in total. The molecule has 0 unspecified atom stereocenters. The van der Waals surface area contributed by atoms with Crippen LogP contribution in [0, 0.1) is 0 Å². The SMILES string of the molecule is CCCCCCCCCN=C(NCC)N1CC[C@@H](O)C1.I. The van der Waals surface area contributed by atoms with E-state index < -0.39 is 0 Å². The van der Waals surface area contributed by atoms with E-state index in [1.54, 1.807) is 0 Å². The van der Waals surface area contributed by atoms with Crippen molar-refractivity contribution in [2.75, 3.05) is 26.2 Å². The van der Waals surface area contributed by atoms with E-state index in [-0.39, 0.29) is 30.1 Å². The van der Waals surface area contributed by atoms with Crippen molar-refractivity contribution < 1.29 is 5.11 Å². The highest BCUT2D eigenvalue weighted by molar-refractivity contribution is 14.0. The summed E-state index contributed by atoms with van der Waals surface area (Å²) in [6.07, 6.45) is 9.93. The highest BCUT2D eigenvalue weighted by atomic mass is 127. The molecule has 1 saturated heterocycles. The molecule has 21 heavy (non-hydrogen) atoms. The summed E-state index contributed by atoms with van der Waals surface area (Å²) in [4.78, 5) is 6.86. The molecule has 1 aliphatic rings. The third kappa shape index (κ3) is 9.55. The largest absolute Gasteiger partial charge is 0.391 e. The van der Waals surface area contributed by atoms with E-state index in [0.29, 0.717) is 0 Å². The van der Waals surface area contributed by atoms with Crippen molar-refractivity contribution in [1.82, 2.24) is 10.2 Å². The number of aliphatic hydroxyl groups excluding tert-OH is 1. The number of hydrogen-bond donors (Lipinski definition) is 2. The molecule has 0 saturated carbocycles. The molecule has 0 radical (unpaired) electrons. The van der Waals surface area contributed by atoms with Gasteiger partial charge in [0.25, 0.3) is 0 Å². The van der Waals surface area contributed by atoms with Gasteiger partial charge in [-0.25, -0.2) is 0 Å². The van der Waals surface area contributed by atoms with E-state index in [2.05, 4.69) is 29.1 Å². The molecule has 1 aliphatic heterocycles. The third-order valence-electron chi connectivity index (χ3n) is 3.82. The fraction of sp³-hybridized carbons (Fsp3) is 0.938. The number of aliphatic hydroxyl groups is 1. The maximum absolute atomic E-state index is 9.60. The molecule has 1 heterocycles. The van der Waals surface area contributed by atoms with Gasteiger partial charge in [-0.2, -0.15) is 0 Å². The number of unbranched alkanes of at least 4 members (excludes halogenated alkanes) is 6. The molecule has 5 heteroatoms. The topological polar surface area (TPSA) is 47.9 Å². The smallest absolute Gasteiger partial charge is 0.194 e. The number of aliphatic imine (C=N–C) groups is 1. The number of hydrogen-bond acceptors (Lipinski definition) is 2. The van der Waals surface area contributed by atoms with Crippen LogP contribution in [0.15, 0.2) is 4.99 Å². The van der Waals surface area contributed by atoms with E-state index >= 15 is 0 Å². The minimum atomic E-state index is -0.183. The lowest BCUT2D eigenvalue weighted by molar-refractivity contribution is 0.188. The third-order valence-corrected chi connectivity index (χ3v) is 3.82. The molecule has 1 atom stereocenters. The molecule has 0 aliphatic carbocycles. The van der Waals surface area contributed by atoms with Crippen LogP contribution in [0.4, 0.5) is 0 Å². The predicted octanol–water partition coefficient (Wildman–Crippen LogP) is 3.39.